The highest BCUT2D eigenvalue weighted by atomic mass is 19.1. The Kier molecular flexibility index (Phi) is 3.01. The Morgan fingerprint density at radius 3 is 2.83 bits per heavy atom. The number of fused-ring (bicyclic) bond motifs is 1. The predicted molar refractivity (Wildman–Crippen MR) is 62.5 cm³/mol. The van der Waals surface area contributed by atoms with E-state index in [0.717, 1.165) is 6.07 Å². The molecule has 1 aromatic heterocycles. The third-order valence-electron chi connectivity index (χ3n) is 2.55. The van der Waals surface area contributed by atoms with E-state index >= 15 is 0 Å². The molecular weight excluding hydrogens is 241 g/mol. The molecule has 0 aliphatic heterocycles. The molecule has 0 fully saturated rings. The quantitative estimate of drug-likeness (QED) is 0.831. The number of carbonyl (C=O) groups is 1. The van der Waals surface area contributed by atoms with Crippen LogP contribution in [0.25, 0.3) is 10.9 Å². The lowest BCUT2D eigenvalue weighted by Crippen LogP contribution is -2.16. The van der Waals surface area contributed by atoms with E-state index in [1.54, 1.807) is 11.5 Å². The van der Waals surface area contributed by atoms with Crippen molar-refractivity contribution in [2.45, 2.75) is 13.5 Å². The summed E-state index contributed by atoms with van der Waals surface area (Å²) in [5.41, 5.74) is -0.169. The molecule has 1 aromatic carbocycles. The summed E-state index contributed by atoms with van der Waals surface area (Å²) in [6.45, 7) is 2.25. The van der Waals surface area contributed by atoms with E-state index < -0.39 is 17.4 Å². The van der Waals surface area contributed by atoms with Crippen LogP contribution in [0.5, 0.6) is 5.75 Å². The number of halogens is 1. The molecule has 0 saturated carbocycles. The number of benzene rings is 1. The highest BCUT2D eigenvalue weighted by Crippen LogP contribution is 2.17. The van der Waals surface area contributed by atoms with E-state index in [1.807, 2.05) is 0 Å². The van der Waals surface area contributed by atoms with Crippen molar-refractivity contribution in [1.82, 2.24) is 4.57 Å². The third-order valence-corrected chi connectivity index (χ3v) is 2.55. The Labute approximate surface area is 101 Å². The first kappa shape index (κ1) is 12.1. The normalized spacial score (nSPS) is 10.6. The maximum absolute atomic E-state index is 13.2. The largest absolute Gasteiger partial charge is 0.511 e. The van der Waals surface area contributed by atoms with Crippen molar-refractivity contribution < 1.29 is 19.0 Å². The molecular formula is C12H10FNO4. The summed E-state index contributed by atoms with van der Waals surface area (Å²) >= 11 is 0. The van der Waals surface area contributed by atoms with Gasteiger partial charge in [-0.15, -0.1) is 0 Å². The van der Waals surface area contributed by atoms with Gasteiger partial charge in [0.2, 0.25) is 5.43 Å². The highest BCUT2D eigenvalue weighted by molar-refractivity contribution is 5.81. The average molecular weight is 251 g/mol. The minimum absolute atomic E-state index is 0.219. The first-order valence-electron chi connectivity index (χ1n) is 5.26. The fraction of sp³-hybridized carbons (Fsp3) is 0.167. The standard InChI is InChI=1S/C12H10FNO4/c1-2-14-6-10(18-12(16)17)11(15)8-4-3-7(13)5-9(8)14/h3-6H,2H2,1H3,(H,16,17). The van der Waals surface area contributed by atoms with Gasteiger partial charge in [-0.25, -0.2) is 9.18 Å². The first-order chi connectivity index (χ1) is 8.52. The van der Waals surface area contributed by atoms with Crippen LogP contribution in [0.4, 0.5) is 9.18 Å². The fourth-order valence-corrected chi connectivity index (χ4v) is 1.77. The zero-order valence-electron chi connectivity index (χ0n) is 9.51. The van der Waals surface area contributed by atoms with Crippen LogP contribution in [0.1, 0.15) is 6.92 Å². The van der Waals surface area contributed by atoms with Gasteiger partial charge in [-0.3, -0.25) is 4.79 Å². The van der Waals surface area contributed by atoms with Gasteiger partial charge in [0.05, 0.1) is 11.7 Å². The van der Waals surface area contributed by atoms with E-state index in [4.69, 9.17) is 5.11 Å². The van der Waals surface area contributed by atoms with Gasteiger partial charge in [0, 0.05) is 11.9 Å². The molecule has 1 N–H and O–H groups in total. The summed E-state index contributed by atoms with van der Waals surface area (Å²) in [5.74, 6) is -0.750. The van der Waals surface area contributed by atoms with Gasteiger partial charge in [-0.05, 0) is 25.1 Å². The molecule has 0 spiro atoms. The summed E-state index contributed by atoms with van der Waals surface area (Å²) in [7, 11) is 0. The van der Waals surface area contributed by atoms with Gasteiger partial charge in [0.1, 0.15) is 5.82 Å². The van der Waals surface area contributed by atoms with Gasteiger partial charge >= 0.3 is 6.16 Å². The summed E-state index contributed by atoms with van der Waals surface area (Å²) in [4.78, 5) is 22.4. The van der Waals surface area contributed by atoms with E-state index in [2.05, 4.69) is 4.74 Å². The molecule has 0 radical (unpaired) electrons. The molecule has 6 heteroatoms. The Morgan fingerprint density at radius 2 is 2.22 bits per heavy atom. The number of hydrogen-bond donors (Lipinski definition) is 1. The Morgan fingerprint density at radius 1 is 1.50 bits per heavy atom. The Bertz CT molecular complexity index is 678. The number of rotatable bonds is 2. The van der Waals surface area contributed by atoms with Crippen LogP contribution in [-0.2, 0) is 6.54 Å². The molecule has 0 amide bonds. The van der Waals surface area contributed by atoms with E-state index in [1.165, 1.54) is 18.3 Å². The van der Waals surface area contributed by atoms with Crippen molar-refractivity contribution in [2.24, 2.45) is 0 Å². The number of aryl methyl sites for hydroxylation is 1. The molecule has 0 aliphatic rings. The first-order valence-corrected chi connectivity index (χ1v) is 5.26. The second-order valence-corrected chi connectivity index (χ2v) is 3.64. The molecule has 1 heterocycles. The summed E-state index contributed by atoms with van der Waals surface area (Å²) < 4.78 is 19.1. The summed E-state index contributed by atoms with van der Waals surface area (Å²) in [5, 5.41) is 8.76. The van der Waals surface area contributed by atoms with Crippen LogP contribution in [-0.4, -0.2) is 15.8 Å². The second-order valence-electron chi connectivity index (χ2n) is 3.64. The van der Waals surface area contributed by atoms with E-state index in [9.17, 15) is 14.0 Å². The maximum Gasteiger partial charge on any atom is 0.511 e. The van der Waals surface area contributed by atoms with Gasteiger partial charge in [-0.1, -0.05) is 0 Å². The lowest BCUT2D eigenvalue weighted by atomic mass is 10.2. The minimum atomic E-state index is -1.56. The minimum Gasteiger partial charge on any atom is -0.449 e. The highest BCUT2D eigenvalue weighted by Gasteiger charge is 2.12. The number of nitrogens with zero attached hydrogens (tertiary/aromatic N) is 1. The van der Waals surface area contributed by atoms with Gasteiger partial charge < -0.3 is 14.4 Å². The van der Waals surface area contributed by atoms with Crippen LogP contribution in [0.15, 0.2) is 29.2 Å². The van der Waals surface area contributed by atoms with Crippen LogP contribution in [0.3, 0.4) is 0 Å². The number of hydrogen-bond acceptors (Lipinski definition) is 3. The van der Waals surface area contributed by atoms with Crippen LogP contribution < -0.4 is 10.2 Å². The summed E-state index contributed by atoms with van der Waals surface area (Å²) in [6, 6.07) is 3.69. The van der Waals surface area contributed by atoms with Crippen molar-refractivity contribution in [3.05, 3.63) is 40.4 Å². The van der Waals surface area contributed by atoms with Crippen LogP contribution >= 0.6 is 0 Å². The molecule has 0 unspecified atom stereocenters. The third kappa shape index (κ3) is 2.04. The number of pyridine rings is 1. The topological polar surface area (TPSA) is 68.5 Å². The zero-order valence-corrected chi connectivity index (χ0v) is 9.51. The van der Waals surface area contributed by atoms with Gasteiger partial charge in [-0.2, -0.15) is 0 Å². The molecule has 0 bridgehead atoms. The SMILES string of the molecule is CCn1cc(OC(=O)O)c(=O)c2ccc(F)cc21. The maximum atomic E-state index is 13.2. The lowest BCUT2D eigenvalue weighted by molar-refractivity contribution is 0.144. The lowest BCUT2D eigenvalue weighted by Gasteiger charge is -2.10. The number of aromatic nitrogens is 1. The summed E-state index contributed by atoms with van der Waals surface area (Å²) in [6.07, 6.45) is -0.297. The van der Waals surface area contributed by atoms with Crippen molar-refractivity contribution in [2.75, 3.05) is 0 Å². The molecule has 5 nitrogen and oxygen atoms in total. The Hall–Kier alpha value is -2.37. The van der Waals surface area contributed by atoms with Crippen molar-refractivity contribution >= 4 is 17.1 Å². The predicted octanol–water partition coefficient (Wildman–Crippen LogP) is 2.22. The van der Waals surface area contributed by atoms with E-state index in [-0.39, 0.29) is 11.1 Å². The zero-order chi connectivity index (χ0) is 13.3. The molecule has 2 aromatic rings. The number of carboxylic acid groups (broad SMARTS) is 1. The average Bonchev–Trinajstić information content (AvgIpc) is 2.32. The monoisotopic (exact) mass is 251 g/mol. The van der Waals surface area contributed by atoms with Crippen LogP contribution in [0, 0.1) is 5.82 Å². The molecule has 18 heavy (non-hydrogen) atoms. The van der Waals surface area contributed by atoms with Gasteiger partial charge in [0.15, 0.2) is 5.75 Å². The van der Waals surface area contributed by atoms with Crippen molar-refractivity contribution in [3.8, 4) is 5.75 Å². The van der Waals surface area contributed by atoms with E-state index in [0.29, 0.717) is 12.1 Å². The molecule has 2 rings (SSSR count). The molecule has 0 aliphatic carbocycles. The van der Waals surface area contributed by atoms with Crippen molar-refractivity contribution in [3.63, 3.8) is 0 Å². The fourth-order valence-electron chi connectivity index (χ4n) is 1.77. The molecule has 94 valence electrons. The smallest absolute Gasteiger partial charge is 0.449 e. The van der Waals surface area contributed by atoms with Gasteiger partial charge in [0.25, 0.3) is 0 Å². The molecule has 0 saturated heterocycles. The molecule has 0 atom stereocenters. The van der Waals surface area contributed by atoms with Crippen molar-refractivity contribution in [1.29, 1.82) is 0 Å². The Balaban J connectivity index is 2.78. The van der Waals surface area contributed by atoms with Crippen LogP contribution in [0.2, 0.25) is 0 Å². The number of ether oxygens (including phenoxy) is 1. The second kappa shape index (κ2) is 4.48.